The molecular weight excluding hydrogens is 311 g/mol. The van der Waals surface area contributed by atoms with Gasteiger partial charge in [0, 0.05) is 0 Å². The summed E-state index contributed by atoms with van der Waals surface area (Å²) < 4.78 is 27.9. The molecule has 3 rings (SSSR count). The molecule has 2 aliphatic heterocycles. The van der Waals surface area contributed by atoms with E-state index in [1.54, 1.807) is 12.1 Å². The van der Waals surface area contributed by atoms with Crippen molar-refractivity contribution in [3.8, 4) is 5.75 Å². The predicted octanol–water partition coefficient (Wildman–Crippen LogP) is 1.55. The van der Waals surface area contributed by atoms with Crippen LogP contribution in [0.1, 0.15) is 38.1 Å². The van der Waals surface area contributed by atoms with Gasteiger partial charge in [0.2, 0.25) is 0 Å². The Morgan fingerprint density at radius 3 is 2.25 bits per heavy atom. The number of hydrogen-bond donors (Lipinski definition) is 0. The Morgan fingerprint density at radius 2 is 1.75 bits per heavy atom. The topological polar surface area (TPSA) is 63.2 Å². The number of carbonyl (C=O) groups is 1. The third-order valence-electron chi connectivity index (χ3n) is 4.79. The summed E-state index contributed by atoms with van der Waals surface area (Å²) in [5.74, 6) is 0.152. The van der Waals surface area contributed by atoms with Crippen LogP contribution in [0.3, 0.4) is 0 Å². The Balaban J connectivity index is 1.91. The monoisotopic (exact) mass is 334 g/mol. The first-order valence-electron chi connectivity index (χ1n) is 8.05. The standard InChI is InChI=1S/C17H23BO6/c1-16(2)17(3,4)24-18(23-16)12-6-11(15(19)20-5)7-13(8-12)22-14-9-21-10-14/h6-8,14H,9-10H2,1-5H3. The van der Waals surface area contributed by atoms with Gasteiger partial charge >= 0.3 is 13.1 Å². The Kier molecular flexibility index (Phi) is 4.36. The molecule has 0 radical (unpaired) electrons. The van der Waals surface area contributed by atoms with Gasteiger partial charge in [0.1, 0.15) is 11.9 Å². The number of esters is 1. The highest BCUT2D eigenvalue weighted by atomic mass is 16.7. The third kappa shape index (κ3) is 3.16. The van der Waals surface area contributed by atoms with Crippen molar-refractivity contribution in [1.82, 2.24) is 0 Å². The van der Waals surface area contributed by atoms with Crippen LogP contribution in [-0.2, 0) is 18.8 Å². The zero-order chi connectivity index (χ0) is 17.5. The van der Waals surface area contributed by atoms with Crippen LogP contribution in [0.4, 0.5) is 0 Å². The molecule has 0 unspecified atom stereocenters. The molecule has 0 aliphatic carbocycles. The summed E-state index contributed by atoms with van der Waals surface area (Å²) in [5, 5.41) is 0. The maximum absolute atomic E-state index is 12.0. The van der Waals surface area contributed by atoms with Gasteiger partial charge in [0.25, 0.3) is 0 Å². The fourth-order valence-corrected chi connectivity index (χ4v) is 2.52. The van der Waals surface area contributed by atoms with Crippen LogP contribution in [0.15, 0.2) is 18.2 Å². The first kappa shape index (κ1) is 17.3. The zero-order valence-electron chi connectivity index (χ0n) is 14.8. The van der Waals surface area contributed by atoms with Gasteiger partial charge in [-0.3, -0.25) is 0 Å². The second kappa shape index (κ2) is 6.06. The zero-order valence-corrected chi connectivity index (χ0v) is 14.8. The lowest BCUT2D eigenvalue weighted by atomic mass is 9.78. The van der Waals surface area contributed by atoms with Crippen molar-refractivity contribution < 1.29 is 28.3 Å². The van der Waals surface area contributed by atoms with E-state index in [1.807, 2.05) is 33.8 Å². The first-order chi connectivity index (χ1) is 11.2. The number of methoxy groups -OCH3 is 1. The molecule has 2 aliphatic rings. The van der Waals surface area contributed by atoms with E-state index in [1.165, 1.54) is 7.11 Å². The molecule has 0 amide bonds. The Labute approximate surface area is 142 Å². The first-order valence-corrected chi connectivity index (χ1v) is 8.05. The molecule has 1 aromatic carbocycles. The summed E-state index contributed by atoms with van der Waals surface area (Å²) in [6.45, 7) is 9.05. The lowest BCUT2D eigenvalue weighted by Crippen LogP contribution is -2.41. The highest BCUT2D eigenvalue weighted by Gasteiger charge is 2.51. The largest absolute Gasteiger partial charge is 0.494 e. The number of rotatable bonds is 4. The average Bonchev–Trinajstić information content (AvgIpc) is 2.70. The molecule has 0 atom stereocenters. The van der Waals surface area contributed by atoms with Gasteiger partial charge in [-0.25, -0.2) is 4.79 Å². The molecule has 0 saturated carbocycles. The molecular formula is C17H23BO6. The lowest BCUT2D eigenvalue weighted by molar-refractivity contribution is -0.0796. The van der Waals surface area contributed by atoms with E-state index >= 15 is 0 Å². The minimum absolute atomic E-state index is 0.00374. The van der Waals surface area contributed by atoms with Crippen molar-refractivity contribution in [3.05, 3.63) is 23.8 Å². The van der Waals surface area contributed by atoms with Gasteiger partial charge in [0.05, 0.1) is 37.1 Å². The molecule has 6 nitrogen and oxygen atoms in total. The van der Waals surface area contributed by atoms with Crippen LogP contribution in [0.25, 0.3) is 0 Å². The maximum atomic E-state index is 12.0. The molecule has 7 heteroatoms. The number of hydrogen-bond acceptors (Lipinski definition) is 6. The van der Waals surface area contributed by atoms with Gasteiger partial charge < -0.3 is 23.5 Å². The van der Waals surface area contributed by atoms with Gasteiger partial charge in [-0.2, -0.15) is 0 Å². The molecule has 1 aromatic rings. The van der Waals surface area contributed by atoms with Crippen molar-refractivity contribution in [3.63, 3.8) is 0 Å². The van der Waals surface area contributed by atoms with E-state index in [2.05, 4.69) is 0 Å². The van der Waals surface area contributed by atoms with E-state index in [4.69, 9.17) is 23.5 Å². The van der Waals surface area contributed by atoms with Crippen molar-refractivity contribution in [1.29, 1.82) is 0 Å². The molecule has 130 valence electrons. The molecule has 0 N–H and O–H groups in total. The Hall–Kier alpha value is -1.57. The van der Waals surface area contributed by atoms with Crippen molar-refractivity contribution in [2.45, 2.75) is 45.0 Å². The molecule has 0 aromatic heterocycles. The molecule has 2 heterocycles. The summed E-state index contributed by atoms with van der Waals surface area (Å²) in [7, 11) is 0.781. The normalized spacial score (nSPS) is 22.1. The predicted molar refractivity (Wildman–Crippen MR) is 88.7 cm³/mol. The van der Waals surface area contributed by atoms with Gasteiger partial charge in [-0.05, 0) is 51.4 Å². The van der Waals surface area contributed by atoms with Crippen LogP contribution in [0.2, 0.25) is 0 Å². The molecule has 2 fully saturated rings. The van der Waals surface area contributed by atoms with E-state index < -0.39 is 24.3 Å². The summed E-state index contributed by atoms with van der Waals surface area (Å²) in [5.41, 5.74) is 0.218. The van der Waals surface area contributed by atoms with Crippen LogP contribution < -0.4 is 10.2 Å². The highest BCUT2D eigenvalue weighted by Crippen LogP contribution is 2.36. The number of carbonyl (C=O) groups excluding carboxylic acids is 1. The molecule has 0 spiro atoms. The third-order valence-corrected chi connectivity index (χ3v) is 4.79. The number of ether oxygens (including phenoxy) is 3. The summed E-state index contributed by atoms with van der Waals surface area (Å²) in [6.07, 6.45) is 0.00374. The molecule has 24 heavy (non-hydrogen) atoms. The quantitative estimate of drug-likeness (QED) is 0.615. The van der Waals surface area contributed by atoms with E-state index in [9.17, 15) is 4.79 Å². The van der Waals surface area contributed by atoms with Crippen LogP contribution in [0, 0.1) is 0 Å². The van der Waals surface area contributed by atoms with Crippen molar-refractivity contribution in [2.75, 3.05) is 20.3 Å². The van der Waals surface area contributed by atoms with E-state index in [0.29, 0.717) is 24.5 Å². The average molecular weight is 334 g/mol. The minimum Gasteiger partial charge on any atom is -0.486 e. The minimum atomic E-state index is -0.570. The summed E-state index contributed by atoms with van der Waals surface area (Å²) in [6, 6.07) is 5.23. The lowest BCUT2D eigenvalue weighted by Gasteiger charge is -2.32. The maximum Gasteiger partial charge on any atom is 0.494 e. The van der Waals surface area contributed by atoms with Crippen LogP contribution in [-0.4, -0.2) is 50.7 Å². The Bertz CT molecular complexity index is 622. The highest BCUT2D eigenvalue weighted by molar-refractivity contribution is 6.62. The second-order valence-corrected chi connectivity index (χ2v) is 7.15. The molecule has 2 saturated heterocycles. The smallest absolute Gasteiger partial charge is 0.486 e. The Morgan fingerprint density at radius 1 is 1.12 bits per heavy atom. The van der Waals surface area contributed by atoms with Crippen LogP contribution in [0.5, 0.6) is 5.75 Å². The summed E-state index contributed by atoms with van der Waals surface area (Å²) in [4.78, 5) is 12.0. The van der Waals surface area contributed by atoms with Crippen molar-refractivity contribution >= 4 is 18.6 Å². The van der Waals surface area contributed by atoms with E-state index in [0.717, 1.165) is 5.46 Å². The molecule has 0 bridgehead atoms. The van der Waals surface area contributed by atoms with Gasteiger partial charge in [0.15, 0.2) is 0 Å². The summed E-state index contributed by atoms with van der Waals surface area (Å²) >= 11 is 0. The van der Waals surface area contributed by atoms with Gasteiger partial charge in [-0.1, -0.05) is 0 Å². The van der Waals surface area contributed by atoms with Crippen LogP contribution >= 0.6 is 0 Å². The van der Waals surface area contributed by atoms with Crippen molar-refractivity contribution in [2.24, 2.45) is 0 Å². The fourth-order valence-electron chi connectivity index (χ4n) is 2.52. The number of benzene rings is 1. The fraction of sp³-hybridized carbons (Fsp3) is 0.588. The SMILES string of the molecule is COC(=O)c1cc(OC2COC2)cc(B2OC(C)(C)C(C)(C)O2)c1. The van der Waals surface area contributed by atoms with E-state index in [-0.39, 0.29) is 6.10 Å². The van der Waals surface area contributed by atoms with Gasteiger partial charge in [-0.15, -0.1) is 0 Å². The second-order valence-electron chi connectivity index (χ2n) is 7.15.